The number of hydrogen-bond donors (Lipinski definition) is 1. The molecule has 0 amide bonds. The topological polar surface area (TPSA) is 49.4 Å². The van der Waals surface area contributed by atoms with Crippen LogP contribution in [0.1, 0.15) is 38.1 Å². The van der Waals surface area contributed by atoms with Gasteiger partial charge in [-0.3, -0.25) is 0 Å². The lowest BCUT2D eigenvalue weighted by atomic mass is 9.97. The summed E-state index contributed by atoms with van der Waals surface area (Å²) in [6.45, 7) is 11.9. The van der Waals surface area contributed by atoms with Crippen LogP contribution in [0.2, 0.25) is 0 Å². The maximum absolute atomic E-state index is 12.8. The van der Waals surface area contributed by atoms with Gasteiger partial charge in [-0.05, 0) is 29.8 Å². The van der Waals surface area contributed by atoms with Crippen LogP contribution in [-0.4, -0.2) is 32.9 Å². The third-order valence-electron chi connectivity index (χ3n) is 2.89. The van der Waals surface area contributed by atoms with E-state index >= 15 is 0 Å². The SMILES string of the molecule is CCNCc1scc(C)c1S(=O)(=O)N(C)CC(C)(C)C. The molecule has 1 aromatic heterocycles. The van der Waals surface area contributed by atoms with Crippen LogP contribution in [0.25, 0.3) is 0 Å². The van der Waals surface area contributed by atoms with Crippen LogP contribution >= 0.6 is 11.3 Å². The van der Waals surface area contributed by atoms with Crippen LogP contribution in [0.15, 0.2) is 10.3 Å². The molecule has 0 unspecified atom stereocenters. The molecule has 1 N–H and O–H groups in total. The third kappa shape index (κ3) is 4.28. The van der Waals surface area contributed by atoms with E-state index in [1.54, 1.807) is 7.05 Å². The van der Waals surface area contributed by atoms with Gasteiger partial charge >= 0.3 is 0 Å². The molecule has 1 rings (SSSR count). The molecule has 4 nitrogen and oxygen atoms in total. The third-order valence-corrected chi connectivity index (χ3v) is 6.16. The van der Waals surface area contributed by atoms with E-state index in [1.165, 1.54) is 15.6 Å². The number of hydrogen-bond acceptors (Lipinski definition) is 4. The van der Waals surface area contributed by atoms with Crippen molar-refractivity contribution in [3.05, 3.63) is 15.8 Å². The number of thiophene rings is 1. The molecule has 6 heteroatoms. The lowest BCUT2D eigenvalue weighted by molar-refractivity contribution is 0.310. The summed E-state index contributed by atoms with van der Waals surface area (Å²) >= 11 is 1.51. The van der Waals surface area contributed by atoms with Gasteiger partial charge in [0.1, 0.15) is 4.90 Å². The summed E-state index contributed by atoms with van der Waals surface area (Å²) in [5.41, 5.74) is 0.775. The van der Waals surface area contributed by atoms with Gasteiger partial charge in [0, 0.05) is 25.0 Å². The van der Waals surface area contributed by atoms with E-state index < -0.39 is 10.0 Å². The molecule has 1 heterocycles. The monoisotopic (exact) mass is 318 g/mol. The van der Waals surface area contributed by atoms with Gasteiger partial charge < -0.3 is 5.32 Å². The molecule has 0 saturated heterocycles. The van der Waals surface area contributed by atoms with Crippen molar-refractivity contribution < 1.29 is 8.42 Å². The molecular weight excluding hydrogens is 292 g/mol. The quantitative estimate of drug-likeness (QED) is 0.877. The largest absolute Gasteiger partial charge is 0.312 e. The Bertz CT molecular complexity index is 542. The summed E-state index contributed by atoms with van der Waals surface area (Å²) < 4.78 is 27.0. The van der Waals surface area contributed by atoms with Gasteiger partial charge in [-0.25, -0.2) is 12.7 Å². The summed E-state index contributed by atoms with van der Waals surface area (Å²) in [4.78, 5) is 1.38. The Kier molecular flexibility index (Phi) is 5.78. The average molecular weight is 319 g/mol. The molecule has 0 aromatic carbocycles. The molecule has 0 radical (unpaired) electrons. The zero-order chi connectivity index (χ0) is 15.6. The second-order valence-corrected chi connectivity index (χ2v) is 9.22. The first kappa shape index (κ1) is 17.6. The maximum Gasteiger partial charge on any atom is 0.244 e. The summed E-state index contributed by atoms with van der Waals surface area (Å²) in [5, 5.41) is 5.13. The standard InChI is InChI=1S/C14H26N2O2S2/c1-7-15-8-12-13(11(2)9-19-12)20(17,18)16(6)10-14(3,4)5/h9,15H,7-8,10H2,1-6H3. The van der Waals surface area contributed by atoms with E-state index in [2.05, 4.69) is 5.32 Å². The molecule has 0 spiro atoms. The van der Waals surface area contributed by atoms with Crippen molar-refractivity contribution in [2.75, 3.05) is 20.1 Å². The first-order chi connectivity index (χ1) is 9.09. The minimum Gasteiger partial charge on any atom is -0.312 e. The minimum absolute atomic E-state index is 0.0619. The van der Waals surface area contributed by atoms with Crippen LogP contribution in [0.3, 0.4) is 0 Å². The van der Waals surface area contributed by atoms with Crippen LogP contribution in [-0.2, 0) is 16.6 Å². The van der Waals surface area contributed by atoms with Gasteiger partial charge in [0.05, 0.1) is 0 Å². The van der Waals surface area contributed by atoms with Crippen LogP contribution < -0.4 is 5.32 Å². The summed E-state index contributed by atoms with van der Waals surface area (Å²) in [6, 6.07) is 0. The summed E-state index contributed by atoms with van der Waals surface area (Å²) in [6.07, 6.45) is 0. The van der Waals surface area contributed by atoms with E-state index in [0.717, 1.165) is 17.0 Å². The molecule has 1 aromatic rings. The van der Waals surface area contributed by atoms with Crippen molar-refractivity contribution in [3.8, 4) is 0 Å². The fourth-order valence-electron chi connectivity index (χ4n) is 2.10. The lowest BCUT2D eigenvalue weighted by Crippen LogP contribution is -2.35. The van der Waals surface area contributed by atoms with Crippen LogP contribution in [0, 0.1) is 12.3 Å². The second-order valence-electron chi connectivity index (χ2n) is 6.27. The van der Waals surface area contributed by atoms with E-state index in [9.17, 15) is 8.42 Å². The number of nitrogens with one attached hydrogen (secondary N) is 1. The highest BCUT2D eigenvalue weighted by atomic mass is 32.2. The van der Waals surface area contributed by atoms with E-state index in [4.69, 9.17) is 0 Å². The average Bonchev–Trinajstić information content (AvgIpc) is 2.66. The summed E-state index contributed by atoms with van der Waals surface area (Å²) in [7, 11) is -1.76. The van der Waals surface area contributed by atoms with Crippen molar-refractivity contribution in [2.24, 2.45) is 5.41 Å². The van der Waals surface area contributed by atoms with Gasteiger partial charge in [0.15, 0.2) is 0 Å². The number of sulfonamides is 1. The first-order valence-electron chi connectivity index (χ1n) is 6.83. The Morgan fingerprint density at radius 1 is 1.35 bits per heavy atom. The molecule has 0 bridgehead atoms. The highest BCUT2D eigenvalue weighted by Crippen LogP contribution is 2.30. The van der Waals surface area contributed by atoms with Crippen LogP contribution in [0.4, 0.5) is 0 Å². The van der Waals surface area contributed by atoms with E-state index in [0.29, 0.717) is 18.0 Å². The highest BCUT2D eigenvalue weighted by Gasteiger charge is 2.29. The Morgan fingerprint density at radius 2 is 1.95 bits per heavy atom. The molecule has 116 valence electrons. The fraction of sp³-hybridized carbons (Fsp3) is 0.714. The molecule has 0 saturated carbocycles. The molecular formula is C14H26N2O2S2. The number of rotatable bonds is 6. The predicted molar refractivity (Wildman–Crippen MR) is 85.7 cm³/mol. The van der Waals surface area contributed by atoms with Gasteiger partial charge in [-0.1, -0.05) is 27.7 Å². The van der Waals surface area contributed by atoms with Crippen molar-refractivity contribution in [1.82, 2.24) is 9.62 Å². The minimum atomic E-state index is -3.42. The van der Waals surface area contributed by atoms with Gasteiger partial charge in [0.25, 0.3) is 0 Å². The zero-order valence-corrected chi connectivity index (χ0v) is 14.9. The van der Waals surface area contributed by atoms with Gasteiger partial charge in [0.2, 0.25) is 10.0 Å². The summed E-state index contributed by atoms with van der Waals surface area (Å²) in [5.74, 6) is 0. The Hall–Kier alpha value is -0.430. The fourth-order valence-corrected chi connectivity index (χ4v) is 5.22. The highest BCUT2D eigenvalue weighted by molar-refractivity contribution is 7.89. The zero-order valence-electron chi connectivity index (χ0n) is 13.3. The number of nitrogens with zero attached hydrogens (tertiary/aromatic N) is 1. The molecule has 0 aliphatic heterocycles. The van der Waals surface area contributed by atoms with Gasteiger partial charge in [-0.2, -0.15) is 0 Å². The smallest absolute Gasteiger partial charge is 0.244 e. The normalized spacial score (nSPS) is 13.2. The molecule has 20 heavy (non-hydrogen) atoms. The number of aryl methyl sites for hydroxylation is 1. The Balaban J connectivity index is 3.12. The van der Waals surface area contributed by atoms with Crippen molar-refractivity contribution in [3.63, 3.8) is 0 Å². The first-order valence-corrected chi connectivity index (χ1v) is 9.15. The predicted octanol–water partition coefficient (Wildman–Crippen LogP) is 2.83. The Morgan fingerprint density at radius 3 is 2.45 bits per heavy atom. The van der Waals surface area contributed by atoms with Crippen molar-refractivity contribution >= 4 is 21.4 Å². The second kappa shape index (κ2) is 6.56. The lowest BCUT2D eigenvalue weighted by Gasteiger charge is -2.26. The maximum atomic E-state index is 12.8. The van der Waals surface area contributed by atoms with Crippen molar-refractivity contribution in [2.45, 2.75) is 46.1 Å². The van der Waals surface area contributed by atoms with Crippen LogP contribution in [0.5, 0.6) is 0 Å². The molecule has 0 aliphatic rings. The van der Waals surface area contributed by atoms with Crippen molar-refractivity contribution in [1.29, 1.82) is 0 Å². The molecule has 0 aliphatic carbocycles. The van der Waals surface area contributed by atoms with E-state index in [1.807, 2.05) is 40.0 Å². The Labute approximate surface area is 127 Å². The van der Waals surface area contributed by atoms with Gasteiger partial charge in [-0.15, -0.1) is 11.3 Å². The molecule has 0 fully saturated rings. The molecule has 0 atom stereocenters. The van der Waals surface area contributed by atoms with E-state index in [-0.39, 0.29) is 5.41 Å².